The average Bonchev–Trinajstić information content (AvgIpc) is 2.54. The maximum atomic E-state index is 12.0. The lowest BCUT2D eigenvalue weighted by atomic mass is 10.2. The van der Waals surface area contributed by atoms with Crippen molar-refractivity contribution in [2.75, 3.05) is 0 Å². The van der Waals surface area contributed by atoms with Crippen molar-refractivity contribution in [1.29, 1.82) is 0 Å². The van der Waals surface area contributed by atoms with E-state index in [1.54, 1.807) is 18.2 Å². The first-order valence-corrected chi connectivity index (χ1v) is 6.66. The third-order valence-electron chi connectivity index (χ3n) is 3.18. The highest BCUT2D eigenvalue weighted by molar-refractivity contribution is 5.83. The zero-order valence-electron chi connectivity index (χ0n) is 11.4. The van der Waals surface area contributed by atoms with Gasteiger partial charge in [0.25, 0.3) is 5.56 Å². The standard InChI is InChI=1S/C16H15N3O2/c17-9-14-18-15-12(16(20)19-14)7-4-8-13(15)21-10-11-5-2-1-3-6-11/h1-8H,9-10,17H2,(H,18,19,20). The Morgan fingerprint density at radius 3 is 2.67 bits per heavy atom. The molecule has 1 heterocycles. The van der Waals surface area contributed by atoms with Crippen LogP contribution in [0.2, 0.25) is 0 Å². The van der Waals surface area contributed by atoms with E-state index >= 15 is 0 Å². The zero-order chi connectivity index (χ0) is 14.7. The summed E-state index contributed by atoms with van der Waals surface area (Å²) in [6.45, 7) is 0.602. The van der Waals surface area contributed by atoms with Gasteiger partial charge >= 0.3 is 0 Å². The first-order chi connectivity index (χ1) is 10.3. The van der Waals surface area contributed by atoms with Crippen LogP contribution in [0.3, 0.4) is 0 Å². The minimum atomic E-state index is -0.203. The Balaban J connectivity index is 1.98. The Bertz CT molecular complexity index is 813. The van der Waals surface area contributed by atoms with Crippen LogP contribution in [-0.2, 0) is 13.2 Å². The lowest BCUT2D eigenvalue weighted by Crippen LogP contribution is -2.15. The highest BCUT2D eigenvalue weighted by Crippen LogP contribution is 2.22. The van der Waals surface area contributed by atoms with Gasteiger partial charge < -0.3 is 15.5 Å². The third-order valence-corrected chi connectivity index (χ3v) is 3.18. The summed E-state index contributed by atoms with van der Waals surface area (Å²) in [6.07, 6.45) is 0. The molecule has 0 saturated carbocycles. The van der Waals surface area contributed by atoms with Crippen LogP contribution >= 0.6 is 0 Å². The smallest absolute Gasteiger partial charge is 0.258 e. The maximum absolute atomic E-state index is 12.0. The van der Waals surface area contributed by atoms with Gasteiger partial charge in [-0.3, -0.25) is 4.79 Å². The summed E-state index contributed by atoms with van der Waals surface area (Å²) in [5.74, 6) is 1.03. The summed E-state index contributed by atoms with van der Waals surface area (Å²) < 4.78 is 5.80. The molecule has 0 aliphatic rings. The minimum absolute atomic E-state index is 0.179. The summed E-state index contributed by atoms with van der Waals surface area (Å²) in [5, 5.41) is 0.498. The molecular formula is C16H15N3O2. The number of aromatic amines is 1. The number of aromatic nitrogens is 2. The van der Waals surface area contributed by atoms with Crippen LogP contribution in [0.5, 0.6) is 5.75 Å². The summed E-state index contributed by atoms with van der Waals surface area (Å²) in [7, 11) is 0. The van der Waals surface area contributed by atoms with E-state index in [1.807, 2.05) is 30.3 Å². The van der Waals surface area contributed by atoms with E-state index in [2.05, 4.69) is 9.97 Å². The first-order valence-electron chi connectivity index (χ1n) is 6.66. The number of nitrogens with zero attached hydrogens (tertiary/aromatic N) is 1. The number of ether oxygens (including phenoxy) is 1. The normalized spacial score (nSPS) is 10.7. The molecule has 0 saturated heterocycles. The van der Waals surface area contributed by atoms with Gasteiger partial charge in [-0.2, -0.15) is 0 Å². The highest BCUT2D eigenvalue weighted by atomic mass is 16.5. The molecule has 5 heteroatoms. The summed E-state index contributed by atoms with van der Waals surface area (Å²) in [4.78, 5) is 19.0. The molecule has 0 bridgehead atoms. The predicted octanol–water partition coefficient (Wildman–Crippen LogP) is 1.96. The summed E-state index contributed by atoms with van der Waals surface area (Å²) >= 11 is 0. The van der Waals surface area contributed by atoms with Gasteiger partial charge in [-0.1, -0.05) is 36.4 Å². The molecular weight excluding hydrogens is 266 g/mol. The van der Waals surface area contributed by atoms with Crippen LogP contribution < -0.4 is 16.0 Å². The molecule has 0 spiro atoms. The van der Waals surface area contributed by atoms with Crippen LogP contribution in [0.1, 0.15) is 11.4 Å². The number of nitrogens with one attached hydrogen (secondary N) is 1. The number of benzene rings is 2. The lowest BCUT2D eigenvalue weighted by Gasteiger charge is -2.09. The van der Waals surface area contributed by atoms with Gasteiger partial charge in [0.15, 0.2) is 0 Å². The van der Waals surface area contributed by atoms with Gasteiger partial charge in [0.1, 0.15) is 23.7 Å². The fourth-order valence-electron chi connectivity index (χ4n) is 2.13. The fourth-order valence-corrected chi connectivity index (χ4v) is 2.13. The van der Waals surface area contributed by atoms with Crippen LogP contribution in [0, 0.1) is 0 Å². The van der Waals surface area contributed by atoms with Gasteiger partial charge in [0.05, 0.1) is 11.9 Å². The molecule has 3 N–H and O–H groups in total. The molecule has 0 atom stereocenters. The number of fused-ring (bicyclic) bond motifs is 1. The van der Waals surface area contributed by atoms with Gasteiger partial charge in [-0.05, 0) is 17.7 Å². The van der Waals surface area contributed by atoms with Crippen LogP contribution in [0.4, 0.5) is 0 Å². The van der Waals surface area contributed by atoms with E-state index in [9.17, 15) is 4.79 Å². The van der Waals surface area contributed by atoms with Gasteiger partial charge in [0.2, 0.25) is 0 Å². The molecule has 0 fully saturated rings. The molecule has 0 aliphatic heterocycles. The SMILES string of the molecule is NCc1nc2c(OCc3ccccc3)cccc2c(=O)[nH]1. The van der Waals surface area contributed by atoms with Crippen LogP contribution in [0.15, 0.2) is 53.3 Å². The molecule has 21 heavy (non-hydrogen) atoms. The molecule has 5 nitrogen and oxygen atoms in total. The number of para-hydroxylation sites is 1. The fraction of sp³-hybridized carbons (Fsp3) is 0.125. The Morgan fingerprint density at radius 1 is 1.10 bits per heavy atom. The molecule has 0 radical (unpaired) electrons. The second kappa shape index (κ2) is 5.76. The topological polar surface area (TPSA) is 81.0 Å². The molecule has 3 aromatic rings. The van der Waals surface area contributed by atoms with Gasteiger partial charge in [-0.15, -0.1) is 0 Å². The van der Waals surface area contributed by atoms with Crippen molar-refractivity contribution in [3.05, 3.63) is 70.3 Å². The quantitative estimate of drug-likeness (QED) is 0.766. The van der Waals surface area contributed by atoms with Crippen molar-refractivity contribution >= 4 is 10.9 Å². The predicted molar refractivity (Wildman–Crippen MR) is 81.0 cm³/mol. The molecule has 0 unspecified atom stereocenters. The van der Waals surface area contributed by atoms with Gasteiger partial charge in [0, 0.05) is 0 Å². The monoisotopic (exact) mass is 281 g/mol. The second-order valence-corrected chi connectivity index (χ2v) is 4.64. The first kappa shape index (κ1) is 13.3. The molecule has 1 aromatic heterocycles. The summed E-state index contributed by atoms with van der Waals surface area (Å²) in [6, 6.07) is 15.1. The number of H-pyrrole nitrogens is 1. The molecule has 2 aromatic carbocycles. The van der Waals surface area contributed by atoms with E-state index in [-0.39, 0.29) is 12.1 Å². The minimum Gasteiger partial charge on any atom is -0.487 e. The lowest BCUT2D eigenvalue weighted by molar-refractivity contribution is 0.309. The average molecular weight is 281 g/mol. The number of hydrogen-bond donors (Lipinski definition) is 2. The van der Waals surface area contributed by atoms with Crippen molar-refractivity contribution in [2.24, 2.45) is 5.73 Å². The number of nitrogens with two attached hydrogens (primary N) is 1. The Kier molecular flexibility index (Phi) is 3.66. The van der Waals surface area contributed by atoms with E-state index < -0.39 is 0 Å². The van der Waals surface area contributed by atoms with Crippen molar-refractivity contribution in [2.45, 2.75) is 13.2 Å². The molecule has 106 valence electrons. The van der Waals surface area contributed by atoms with Gasteiger partial charge in [-0.25, -0.2) is 4.98 Å². The summed E-state index contributed by atoms with van der Waals surface area (Å²) in [5.41, 5.74) is 6.94. The van der Waals surface area contributed by atoms with Crippen LogP contribution in [0.25, 0.3) is 10.9 Å². The van der Waals surface area contributed by atoms with Crippen molar-refractivity contribution in [1.82, 2.24) is 9.97 Å². The van der Waals surface area contributed by atoms with E-state index in [1.165, 1.54) is 0 Å². The molecule has 3 rings (SSSR count). The zero-order valence-corrected chi connectivity index (χ0v) is 11.4. The van der Waals surface area contributed by atoms with Crippen molar-refractivity contribution in [3.63, 3.8) is 0 Å². The van der Waals surface area contributed by atoms with E-state index in [0.717, 1.165) is 5.56 Å². The molecule has 0 amide bonds. The molecule has 0 aliphatic carbocycles. The Hall–Kier alpha value is -2.66. The number of rotatable bonds is 4. The second-order valence-electron chi connectivity index (χ2n) is 4.64. The van der Waals surface area contributed by atoms with Crippen LogP contribution in [-0.4, -0.2) is 9.97 Å². The number of hydrogen-bond acceptors (Lipinski definition) is 4. The van der Waals surface area contributed by atoms with E-state index in [0.29, 0.717) is 29.1 Å². The highest BCUT2D eigenvalue weighted by Gasteiger charge is 2.08. The van der Waals surface area contributed by atoms with Crippen molar-refractivity contribution in [3.8, 4) is 5.75 Å². The Morgan fingerprint density at radius 2 is 1.90 bits per heavy atom. The van der Waals surface area contributed by atoms with Crippen molar-refractivity contribution < 1.29 is 4.74 Å². The van der Waals surface area contributed by atoms with E-state index in [4.69, 9.17) is 10.5 Å². The third kappa shape index (κ3) is 2.78. The largest absolute Gasteiger partial charge is 0.487 e. The maximum Gasteiger partial charge on any atom is 0.258 e. The Labute approximate surface area is 121 Å².